The molecule has 30 heavy (non-hydrogen) atoms. The lowest BCUT2D eigenvalue weighted by Crippen LogP contribution is -2.55. The number of hydrogen-bond donors (Lipinski definition) is 2. The third kappa shape index (κ3) is 8.67. The highest BCUT2D eigenvalue weighted by Crippen LogP contribution is 2.19. The lowest BCUT2D eigenvalue weighted by atomic mass is 9.98. The third-order valence-corrected chi connectivity index (χ3v) is 5.39. The fourth-order valence-electron chi connectivity index (χ4n) is 3.30. The molecule has 0 spiro atoms. The van der Waals surface area contributed by atoms with Crippen molar-refractivity contribution in [3.8, 4) is 5.75 Å². The summed E-state index contributed by atoms with van der Waals surface area (Å²) in [6.45, 7) is 8.30. The number of benzene rings is 1. The number of carbonyl (C=O) groups is 1. The fourth-order valence-corrected chi connectivity index (χ4v) is 3.30. The van der Waals surface area contributed by atoms with Gasteiger partial charge in [0.2, 0.25) is 5.91 Å². The van der Waals surface area contributed by atoms with Gasteiger partial charge in [-0.3, -0.25) is 9.69 Å². The summed E-state index contributed by atoms with van der Waals surface area (Å²) in [7, 11) is 5.17. The van der Waals surface area contributed by atoms with Crippen LogP contribution in [0.3, 0.4) is 0 Å². The number of ether oxygens (including phenoxy) is 1. The first-order valence-electron chi connectivity index (χ1n) is 10.4. The van der Waals surface area contributed by atoms with Crippen molar-refractivity contribution in [3.63, 3.8) is 0 Å². The van der Waals surface area contributed by atoms with Crippen molar-refractivity contribution in [1.29, 1.82) is 0 Å². The molecule has 0 bridgehead atoms. The number of carbonyl (C=O) groups excluding carboxylic acids is 1. The van der Waals surface area contributed by atoms with Gasteiger partial charge in [-0.05, 0) is 57.5 Å². The number of amides is 1. The second kappa shape index (κ2) is 13.0. The number of nitrogens with zero attached hydrogens (tertiary/aromatic N) is 3. The first kappa shape index (κ1) is 26.5. The number of nitrogens with one attached hydrogen (secondary N) is 2. The molecule has 1 aromatic rings. The van der Waals surface area contributed by atoms with Gasteiger partial charge in [-0.15, -0.1) is 24.0 Å². The second-order valence-electron chi connectivity index (χ2n) is 8.37. The second-order valence-corrected chi connectivity index (χ2v) is 8.37. The van der Waals surface area contributed by atoms with Gasteiger partial charge in [-0.1, -0.05) is 18.6 Å². The van der Waals surface area contributed by atoms with Gasteiger partial charge in [-0.25, -0.2) is 4.99 Å². The molecule has 0 aliphatic carbocycles. The Morgan fingerprint density at radius 1 is 1.13 bits per heavy atom. The van der Waals surface area contributed by atoms with Crippen molar-refractivity contribution >= 4 is 35.8 Å². The SMILES string of the molecule is COc1ccc(CN=C(NCC(=O)N(C)C)NCC(C)(C)N2CCCCC2)cc1.I. The molecule has 0 atom stereocenters. The van der Waals surface area contributed by atoms with E-state index in [0.717, 1.165) is 30.9 Å². The number of rotatable bonds is 8. The molecular weight excluding hydrogens is 493 g/mol. The molecule has 1 aliphatic heterocycles. The highest BCUT2D eigenvalue weighted by Gasteiger charge is 2.28. The predicted molar refractivity (Wildman–Crippen MR) is 134 cm³/mol. The average Bonchev–Trinajstić information content (AvgIpc) is 2.73. The Morgan fingerprint density at radius 2 is 1.77 bits per heavy atom. The van der Waals surface area contributed by atoms with Crippen LogP contribution in [0.4, 0.5) is 0 Å². The summed E-state index contributed by atoms with van der Waals surface area (Å²) in [5.74, 6) is 1.49. The van der Waals surface area contributed by atoms with Crippen molar-refractivity contribution in [2.45, 2.75) is 45.2 Å². The standard InChI is InChI=1S/C22H37N5O2.HI/c1-22(2,27-13-7-6-8-14-27)17-25-21(24-16-20(28)26(3)4)23-15-18-9-11-19(29-5)12-10-18;/h9-12H,6-8,13-17H2,1-5H3,(H2,23,24,25);1H. The van der Waals surface area contributed by atoms with E-state index in [2.05, 4.69) is 29.4 Å². The molecule has 2 rings (SSSR count). The zero-order valence-corrected chi connectivity index (χ0v) is 21.4. The summed E-state index contributed by atoms with van der Waals surface area (Å²) in [5, 5.41) is 6.62. The van der Waals surface area contributed by atoms with E-state index in [1.807, 2.05) is 24.3 Å². The van der Waals surface area contributed by atoms with Crippen molar-refractivity contribution in [1.82, 2.24) is 20.4 Å². The highest BCUT2D eigenvalue weighted by atomic mass is 127. The van der Waals surface area contributed by atoms with E-state index in [9.17, 15) is 4.79 Å². The summed E-state index contributed by atoms with van der Waals surface area (Å²) in [4.78, 5) is 20.8. The maximum Gasteiger partial charge on any atom is 0.241 e. The number of aliphatic imine (C=N–C) groups is 1. The maximum atomic E-state index is 12.0. The zero-order valence-electron chi connectivity index (χ0n) is 19.0. The number of likely N-dealkylation sites (tertiary alicyclic amines) is 1. The predicted octanol–water partition coefficient (Wildman–Crippen LogP) is 2.70. The summed E-state index contributed by atoms with van der Waals surface area (Å²) in [6.07, 6.45) is 3.84. The van der Waals surface area contributed by atoms with E-state index in [0.29, 0.717) is 12.5 Å². The number of methoxy groups -OCH3 is 1. The van der Waals surface area contributed by atoms with Crippen LogP contribution in [-0.2, 0) is 11.3 Å². The van der Waals surface area contributed by atoms with Gasteiger partial charge in [0, 0.05) is 26.2 Å². The van der Waals surface area contributed by atoms with Crippen LogP contribution in [0.1, 0.15) is 38.7 Å². The van der Waals surface area contributed by atoms with Crippen LogP contribution in [0.25, 0.3) is 0 Å². The summed E-state index contributed by atoms with van der Waals surface area (Å²) in [6, 6.07) is 7.87. The van der Waals surface area contributed by atoms with Gasteiger partial charge in [0.05, 0.1) is 20.2 Å². The number of halogens is 1. The van der Waals surface area contributed by atoms with Crippen LogP contribution in [0.2, 0.25) is 0 Å². The third-order valence-electron chi connectivity index (χ3n) is 5.39. The first-order chi connectivity index (χ1) is 13.8. The van der Waals surface area contributed by atoms with Crippen molar-refractivity contribution in [2.75, 3.05) is 47.4 Å². The van der Waals surface area contributed by atoms with Crippen LogP contribution in [-0.4, -0.2) is 74.6 Å². The smallest absolute Gasteiger partial charge is 0.241 e. The zero-order chi connectivity index (χ0) is 21.3. The van der Waals surface area contributed by atoms with Gasteiger partial charge in [0.25, 0.3) is 0 Å². The van der Waals surface area contributed by atoms with Gasteiger partial charge in [-0.2, -0.15) is 0 Å². The van der Waals surface area contributed by atoms with Crippen LogP contribution in [0.15, 0.2) is 29.3 Å². The molecular formula is C22H38IN5O2. The molecule has 0 radical (unpaired) electrons. The number of piperidine rings is 1. The fraction of sp³-hybridized carbons (Fsp3) is 0.636. The Bertz CT molecular complexity index is 671. The lowest BCUT2D eigenvalue weighted by molar-refractivity contribution is -0.127. The summed E-state index contributed by atoms with van der Waals surface area (Å²) < 4.78 is 5.21. The Kier molecular flexibility index (Phi) is 11.5. The molecule has 0 saturated carbocycles. The Labute approximate surface area is 198 Å². The molecule has 0 unspecified atom stereocenters. The van der Waals surface area contributed by atoms with Gasteiger partial charge < -0.3 is 20.3 Å². The van der Waals surface area contributed by atoms with E-state index >= 15 is 0 Å². The minimum atomic E-state index is 0. The maximum absolute atomic E-state index is 12.0. The summed E-state index contributed by atoms with van der Waals surface area (Å²) in [5.41, 5.74) is 1.11. The minimum Gasteiger partial charge on any atom is -0.497 e. The monoisotopic (exact) mass is 531 g/mol. The van der Waals surface area contributed by atoms with Crippen LogP contribution in [0.5, 0.6) is 5.75 Å². The molecule has 0 aromatic heterocycles. The largest absolute Gasteiger partial charge is 0.497 e. The summed E-state index contributed by atoms with van der Waals surface area (Å²) >= 11 is 0. The van der Waals surface area contributed by atoms with Gasteiger partial charge >= 0.3 is 0 Å². The molecule has 170 valence electrons. The van der Waals surface area contributed by atoms with E-state index in [4.69, 9.17) is 9.73 Å². The minimum absolute atomic E-state index is 0. The molecule has 8 heteroatoms. The van der Waals surface area contributed by atoms with E-state index < -0.39 is 0 Å². The Balaban J connectivity index is 0.00000450. The van der Waals surface area contributed by atoms with Gasteiger partial charge in [0.15, 0.2) is 5.96 Å². The topological polar surface area (TPSA) is 69.2 Å². The van der Waals surface area contributed by atoms with Crippen molar-refractivity contribution in [2.24, 2.45) is 4.99 Å². The van der Waals surface area contributed by atoms with E-state index in [1.165, 1.54) is 19.3 Å². The number of hydrogen-bond acceptors (Lipinski definition) is 4. The number of guanidine groups is 1. The normalized spacial score (nSPS) is 15.2. The molecule has 1 aliphatic rings. The molecule has 1 saturated heterocycles. The lowest BCUT2D eigenvalue weighted by Gasteiger charge is -2.41. The van der Waals surface area contributed by atoms with Crippen molar-refractivity contribution in [3.05, 3.63) is 29.8 Å². The Morgan fingerprint density at radius 3 is 2.33 bits per heavy atom. The molecule has 1 aromatic carbocycles. The first-order valence-corrected chi connectivity index (χ1v) is 10.4. The molecule has 1 fully saturated rings. The van der Waals surface area contributed by atoms with E-state index in [1.54, 1.807) is 26.1 Å². The van der Waals surface area contributed by atoms with Crippen LogP contribution < -0.4 is 15.4 Å². The molecule has 2 N–H and O–H groups in total. The van der Waals surface area contributed by atoms with Crippen molar-refractivity contribution < 1.29 is 9.53 Å². The molecule has 1 heterocycles. The Hall–Kier alpha value is -1.55. The van der Waals surface area contributed by atoms with Gasteiger partial charge in [0.1, 0.15) is 5.75 Å². The molecule has 1 amide bonds. The average molecular weight is 531 g/mol. The van der Waals surface area contributed by atoms with E-state index in [-0.39, 0.29) is 42.0 Å². The quantitative estimate of drug-likeness (QED) is 0.307. The van der Waals surface area contributed by atoms with Crippen LogP contribution in [0, 0.1) is 0 Å². The highest BCUT2D eigenvalue weighted by molar-refractivity contribution is 14.0. The van der Waals surface area contributed by atoms with Crippen LogP contribution >= 0.6 is 24.0 Å². The molecule has 7 nitrogen and oxygen atoms in total. The number of likely N-dealkylation sites (N-methyl/N-ethyl adjacent to an activating group) is 1.